The quantitative estimate of drug-likeness (QED) is 0.0317. The van der Waals surface area contributed by atoms with Crippen molar-refractivity contribution >= 4 is 118 Å². The maximum absolute atomic E-state index is 13.7. The average Bonchev–Trinajstić information content (AvgIpc) is 1.66. The zero-order valence-corrected chi connectivity index (χ0v) is 58.4. The molecule has 0 unspecified atom stereocenters. The number of nitrogens with one attached hydrogen (secondary N) is 9. The molecule has 13 rings (SSSR count). The Bertz CT molecular complexity index is 5070. The van der Waals surface area contributed by atoms with Gasteiger partial charge in [-0.3, -0.25) is 24.9 Å². The third kappa shape index (κ3) is 17.3. The van der Waals surface area contributed by atoms with Gasteiger partial charge in [0.05, 0.1) is 51.8 Å². The highest BCUT2D eigenvalue weighted by molar-refractivity contribution is 9.10. The van der Waals surface area contributed by atoms with Gasteiger partial charge in [0.15, 0.2) is 86.3 Å². The summed E-state index contributed by atoms with van der Waals surface area (Å²) in [7, 11) is 3.15. The molecular formula is C68H63BBr2F4N22O4. The van der Waals surface area contributed by atoms with Gasteiger partial charge in [0.25, 0.3) is 11.8 Å². The van der Waals surface area contributed by atoms with E-state index in [-0.39, 0.29) is 34.4 Å². The normalized spacial score (nSPS) is 13.2. The number of pyridine rings is 3. The molecule has 1 aliphatic rings. The van der Waals surface area contributed by atoms with E-state index >= 15 is 0 Å². The van der Waals surface area contributed by atoms with E-state index in [4.69, 9.17) is 15.0 Å². The first kappa shape index (κ1) is 72.2. The summed E-state index contributed by atoms with van der Waals surface area (Å²) < 4.78 is 67.9. The Kier molecular flexibility index (Phi) is 22.6. The highest BCUT2D eigenvalue weighted by atomic mass is 79.9. The molecule has 1 aliphatic heterocycles. The van der Waals surface area contributed by atoms with Crippen molar-refractivity contribution in [1.82, 2.24) is 76.1 Å². The van der Waals surface area contributed by atoms with Crippen molar-refractivity contribution in [3.8, 4) is 23.3 Å². The van der Waals surface area contributed by atoms with Gasteiger partial charge < -0.3 is 46.9 Å². The predicted octanol–water partition coefficient (Wildman–Crippen LogP) is 11.8. The molecule has 0 saturated carbocycles. The first-order valence-corrected chi connectivity index (χ1v) is 32.4. The summed E-state index contributed by atoms with van der Waals surface area (Å²) in [6, 6.07) is 30.5. The summed E-state index contributed by atoms with van der Waals surface area (Å²) in [6.07, 6.45) is 7.72. The standard InChI is InChI=1S/C28H23F2N9O.C27H28BF2N5O3.C7H7BrN4.C6H5BrN4/c1-15(18-7-8-22(29)23(30)10-18)36-28(40)24-27(35-14-20(11-31)37-24)33-12-16-3-5-17(6-4-16)19-9-21-25(32-2)38-39-26(21)34-13-19;1-16(18-8-11-21(29)22(30)12-18)34-25(36)23-24(33-15-20(13-31)35-23)32-14-17-6-9-19(10-7-17)28-37-26(2,3)27(4,5)38-28;1-9-6-5-2-4(8)3-10-7(5)12-11-6;7-3-1-4-5(8)10-11-6(4)9-2-3/h3-10,13-15H,12H2,1-2H3,(H,33,35)(H,36,40)(H2,32,34,38,39);6-12,15-16H,14H2,1-5H3,(H,32,33)(H,34,36);2-3H,1H3,(H2,9,10,11,12);1-2H,(H3,8,9,10,11)/t15-;16-;;/m00../s1. The summed E-state index contributed by atoms with van der Waals surface area (Å²) in [6.45, 7) is 11.9. The number of amides is 2. The average molecular weight is 1500 g/mol. The molecule has 4 aromatic carbocycles. The molecule has 101 heavy (non-hydrogen) atoms. The van der Waals surface area contributed by atoms with E-state index in [9.17, 15) is 37.7 Å². The minimum Gasteiger partial charge on any atom is -0.399 e. The van der Waals surface area contributed by atoms with E-state index in [2.05, 4.69) is 129 Å². The molecule has 33 heteroatoms. The van der Waals surface area contributed by atoms with Crippen molar-refractivity contribution in [3.63, 3.8) is 0 Å². The Morgan fingerprint density at radius 2 is 1.01 bits per heavy atom. The van der Waals surface area contributed by atoms with Crippen molar-refractivity contribution in [3.05, 3.63) is 211 Å². The van der Waals surface area contributed by atoms with Crippen LogP contribution in [0.15, 0.2) is 143 Å². The second kappa shape index (κ2) is 31.6. The molecule has 2 atom stereocenters. The highest BCUT2D eigenvalue weighted by Gasteiger charge is 2.51. The molecule has 9 heterocycles. The fourth-order valence-electron chi connectivity index (χ4n) is 9.89. The second-order valence-corrected chi connectivity index (χ2v) is 25.4. The number of benzene rings is 4. The first-order valence-electron chi connectivity index (χ1n) is 30.9. The number of nitrogen functional groups attached to an aromatic ring is 1. The van der Waals surface area contributed by atoms with Crippen LogP contribution in [0.2, 0.25) is 0 Å². The number of fused-ring (bicyclic) bond motifs is 3. The number of nitriles is 2. The summed E-state index contributed by atoms with van der Waals surface area (Å²) in [5, 5.41) is 59.3. The molecule has 26 nitrogen and oxygen atoms in total. The topological polar surface area (TPSA) is 375 Å². The third-order valence-corrected chi connectivity index (χ3v) is 17.0. The number of hydrogen-bond donors (Lipinski definition) is 10. The lowest BCUT2D eigenvalue weighted by atomic mass is 9.79. The third-order valence-electron chi connectivity index (χ3n) is 16.2. The van der Waals surface area contributed by atoms with E-state index in [1.165, 1.54) is 24.5 Å². The van der Waals surface area contributed by atoms with Gasteiger partial charge in [-0.25, -0.2) is 52.4 Å². The zero-order chi connectivity index (χ0) is 72.3. The number of rotatable bonds is 16. The second-order valence-electron chi connectivity index (χ2n) is 23.6. The molecule has 0 spiro atoms. The van der Waals surface area contributed by atoms with Crippen LogP contribution in [0.3, 0.4) is 0 Å². The van der Waals surface area contributed by atoms with E-state index in [1.54, 1.807) is 39.5 Å². The monoisotopic (exact) mass is 1500 g/mol. The largest absolute Gasteiger partial charge is 0.494 e. The minimum absolute atomic E-state index is 0.0343. The maximum Gasteiger partial charge on any atom is 0.494 e. The summed E-state index contributed by atoms with van der Waals surface area (Å²) >= 11 is 6.64. The smallest absolute Gasteiger partial charge is 0.399 e. The molecule has 1 saturated heterocycles. The number of carbonyl (C=O) groups excluding carboxylic acids is 2. The van der Waals surface area contributed by atoms with Crippen LogP contribution < -0.4 is 43.1 Å². The van der Waals surface area contributed by atoms with E-state index in [1.807, 2.05) is 114 Å². The van der Waals surface area contributed by atoms with Crippen molar-refractivity contribution in [2.24, 2.45) is 0 Å². The van der Waals surface area contributed by atoms with Crippen LogP contribution in [-0.4, -0.2) is 110 Å². The van der Waals surface area contributed by atoms with E-state index < -0.39 is 65.5 Å². The Labute approximate surface area is 592 Å². The van der Waals surface area contributed by atoms with Crippen LogP contribution in [-0.2, 0) is 22.4 Å². The molecular weight excluding hydrogens is 1440 g/mol. The van der Waals surface area contributed by atoms with Gasteiger partial charge in [-0.1, -0.05) is 60.7 Å². The van der Waals surface area contributed by atoms with Crippen LogP contribution in [0, 0.1) is 45.9 Å². The zero-order valence-electron chi connectivity index (χ0n) is 55.2. The number of nitrogens with two attached hydrogens (primary N) is 1. The van der Waals surface area contributed by atoms with E-state index in [0.717, 1.165) is 88.6 Å². The van der Waals surface area contributed by atoms with Gasteiger partial charge in [-0.2, -0.15) is 25.8 Å². The Morgan fingerprint density at radius 1 is 0.554 bits per heavy atom. The lowest BCUT2D eigenvalue weighted by molar-refractivity contribution is 0.00578. The first-order chi connectivity index (χ1) is 48.3. The number of nitrogens with zero attached hydrogens (tertiary/aromatic N) is 12. The number of aromatic amines is 3. The Balaban J connectivity index is 0.000000165. The fourth-order valence-corrected chi connectivity index (χ4v) is 10.6. The van der Waals surface area contributed by atoms with Crippen molar-refractivity contribution in [2.75, 3.05) is 41.1 Å². The molecule has 1 fully saturated rings. The molecule has 514 valence electrons. The number of aromatic nitrogens is 13. The molecule has 2 amide bonds. The SMILES string of the molecule is CNc1n[nH]c2ncc(-c3ccc(CNc4ncc(C#N)nc4C(=O)N[C@@H](C)c4ccc(F)c(F)c4)cc3)cc12.CNc1n[nH]c2ncc(Br)cc12.C[C@H](NC(=O)c1nc(C#N)cnc1NCc1ccc(B2OC(C)(C)C(C)(C)O2)cc1)c1ccc(F)c(F)c1.Nc1[nH]nc2ncc(Br)cc12. The molecule has 12 aromatic rings. The van der Waals surface area contributed by atoms with Gasteiger partial charge in [0, 0.05) is 60.3 Å². The maximum atomic E-state index is 13.7. The van der Waals surface area contributed by atoms with Gasteiger partial charge in [-0.05, 0) is 149 Å². The number of carbonyl (C=O) groups is 2. The Morgan fingerprint density at radius 3 is 1.49 bits per heavy atom. The molecule has 0 bridgehead atoms. The number of anilines is 5. The van der Waals surface area contributed by atoms with Crippen LogP contribution >= 0.6 is 31.9 Å². The van der Waals surface area contributed by atoms with Crippen LogP contribution in [0.5, 0.6) is 0 Å². The minimum atomic E-state index is -1.01. The highest BCUT2D eigenvalue weighted by Crippen LogP contribution is 2.37. The van der Waals surface area contributed by atoms with Crippen molar-refractivity contribution in [2.45, 2.75) is 77.9 Å². The van der Waals surface area contributed by atoms with Gasteiger partial charge in [-0.15, -0.1) is 0 Å². The lowest BCUT2D eigenvalue weighted by Crippen LogP contribution is -2.41. The lowest BCUT2D eigenvalue weighted by Gasteiger charge is -2.32. The molecule has 0 aliphatic carbocycles. The summed E-state index contributed by atoms with van der Waals surface area (Å²) in [4.78, 5) is 55.3. The van der Waals surface area contributed by atoms with Crippen LogP contribution in [0.1, 0.15) is 108 Å². The predicted molar refractivity (Wildman–Crippen MR) is 381 cm³/mol. The molecule has 0 radical (unpaired) electrons. The van der Waals surface area contributed by atoms with E-state index in [0.29, 0.717) is 47.1 Å². The van der Waals surface area contributed by atoms with Gasteiger partial charge in [0.2, 0.25) is 0 Å². The van der Waals surface area contributed by atoms with Gasteiger partial charge >= 0.3 is 7.12 Å². The number of halogens is 6. The fraction of sp³-hybridized carbons (Fsp3) is 0.206. The number of H-pyrrole nitrogens is 3. The van der Waals surface area contributed by atoms with Crippen LogP contribution in [0.4, 0.5) is 46.7 Å². The Hall–Kier alpha value is -11.5. The van der Waals surface area contributed by atoms with Gasteiger partial charge in [0.1, 0.15) is 18.0 Å². The molecule has 8 aromatic heterocycles. The van der Waals surface area contributed by atoms with Crippen molar-refractivity contribution in [1.29, 1.82) is 10.5 Å². The summed E-state index contributed by atoms with van der Waals surface area (Å²) in [5.74, 6) is -2.79. The van der Waals surface area contributed by atoms with Crippen molar-refractivity contribution < 1.29 is 36.5 Å². The molecule has 11 N–H and O–H groups in total. The summed E-state index contributed by atoms with van der Waals surface area (Å²) in [5.41, 5.74) is 11.9. The van der Waals surface area contributed by atoms with Crippen LogP contribution in [0.25, 0.3) is 44.2 Å². The number of hydrogen-bond acceptors (Lipinski definition) is 21.